The highest BCUT2D eigenvalue weighted by Gasteiger charge is 2.40. The number of carbonyl (C=O) groups is 5. The van der Waals surface area contributed by atoms with Gasteiger partial charge in [0.15, 0.2) is 6.29 Å². The number of hydrogen-bond donors (Lipinski definition) is 3. The molecule has 4 amide bonds. The molecule has 2 aromatic carbocycles. The van der Waals surface area contributed by atoms with Crippen molar-refractivity contribution in [3.63, 3.8) is 0 Å². The molecule has 3 saturated heterocycles. The maximum absolute atomic E-state index is 13.6. The van der Waals surface area contributed by atoms with Crippen LogP contribution in [0.2, 0.25) is 0 Å². The molecule has 282 valence electrons. The summed E-state index contributed by atoms with van der Waals surface area (Å²) >= 11 is 0. The summed E-state index contributed by atoms with van der Waals surface area (Å²) < 4.78 is 0. The first kappa shape index (κ1) is 35.7. The maximum Gasteiger partial charge on any atom is 0.255 e. The number of aldehydes is 1. The Bertz CT molecular complexity index is 2150. The van der Waals surface area contributed by atoms with E-state index < -0.39 is 17.9 Å². The van der Waals surface area contributed by atoms with Crippen molar-refractivity contribution in [3.8, 4) is 11.4 Å². The number of benzene rings is 2. The molecule has 8 rings (SSSR count). The predicted octanol–water partition coefficient (Wildman–Crippen LogP) is 4.33. The van der Waals surface area contributed by atoms with Crippen molar-refractivity contribution in [1.29, 1.82) is 0 Å². The van der Waals surface area contributed by atoms with Crippen molar-refractivity contribution in [2.45, 2.75) is 70.9 Å². The summed E-state index contributed by atoms with van der Waals surface area (Å²) in [6, 6.07) is 13.1. The molecule has 0 saturated carbocycles. The number of amides is 4. The molecular weight excluding hydrogens is 685 g/mol. The van der Waals surface area contributed by atoms with E-state index in [9.17, 15) is 24.0 Å². The Morgan fingerprint density at radius 2 is 1.76 bits per heavy atom. The molecule has 0 bridgehead atoms. The summed E-state index contributed by atoms with van der Waals surface area (Å²) in [6.45, 7) is 7.66. The summed E-state index contributed by atoms with van der Waals surface area (Å²) in [4.78, 5) is 74.2. The summed E-state index contributed by atoms with van der Waals surface area (Å²) in [6.07, 6.45) is 6.09. The number of aromatic nitrogens is 3. The van der Waals surface area contributed by atoms with Crippen LogP contribution in [0, 0.1) is 11.3 Å². The van der Waals surface area contributed by atoms with E-state index in [-0.39, 0.29) is 47.1 Å². The molecule has 4 aromatic rings. The van der Waals surface area contributed by atoms with E-state index in [2.05, 4.69) is 62.3 Å². The second-order valence-electron chi connectivity index (χ2n) is 16.4. The van der Waals surface area contributed by atoms with Crippen LogP contribution in [-0.2, 0) is 27.2 Å². The molecule has 1 aliphatic carbocycles. The topological polar surface area (TPSA) is 155 Å². The predicted molar refractivity (Wildman–Crippen MR) is 205 cm³/mol. The van der Waals surface area contributed by atoms with Gasteiger partial charge in [0.1, 0.15) is 11.7 Å². The zero-order valence-electron chi connectivity index (χ0n) is 31.4. The summed E-state index contributed by atoms with van der Waals surface area (Å²) in [5.74, 6) is -1.22. The van der Waals surface area contributed by atoms with Crippen LogP contribution in [0.25, 0.3) is 22.3 Å². The van der Waals surface area contributed by atoms with Gasteiger partial charge in [-0.15, -0.1) is 0 Å². The standard InChI is InChI=1S/C41H48N8O5/c1-41(2)14-11-31-34(20-41)44-45-37(31)33-18-24-5-6-28(19-32(24)42-33)46(3)39(53)26-21-49(22-26)27-12-15-48(16-13-27)29-7-8-30(25(17-29)23-50)40(54)47(4)35-9-10-36(51)43-38(35)52/h5-8,17-19,23,26-27,35,42H,9-16,20-22H2,1-4H3,(H,44,45)(H,43,51,52). The van der Waals surface area contributed by atoms with Gasteiger partial charge in [-0.1, -0.05) is 19.9 Å². The van der Waals surface area contributed by atoms with Gasteiger partial charge in [-0.25, -0.2) is 0 Å². The molecule has 5 heterocycles. The van der Waals surface area contributed by atoms with Gasteiger partial charge in [0, 0.05) is 91.8 Å². The second-order valence-corrected chi connectivity index (χ2v) is 16.4. The van der Waals surface area contributed by atoms with Crippen molar-refractivity contribution in [2.75, 3.05) is 50.1 Å². The summed E-state index contributed by atoms with van der Waals surface area (Å²) in [7, 11) is 3.38. The van der Waals surface area contributed by atoms with E-state index in [1.807, 2.05) is 19.2 Å². The van der Waals surface area contributed by atoms with Crippen molar-refractivity contribution < 1.29 is 24.0 Å². The molecule has 4 aliphatic rings. The molecule has 2 aromatic heterocycles. The minimum atomic E-state index is -0.764. The molecule has 1 unspecified atom stereocenters. The maximum atomic E-state index is 13.6. The third-order valence-electron chi connectivity index (χ3n) is 12.2. The number of anilines is 2. The Hall–Kier alpha value is -5.30. The van der Waals surface area contributed by atoms with Crippen LogP contribution in [0.15, 0.2) is 42.5 Å². The zero-order valence-corrected chi connectivity index (χ0v) is 31.4. The quantitative estimate of drug-likeness (QED) is 0.179. The molecule has 54 heavy (non-hydrogen) atoms. The minimum absolute atomic E-state index is 0.0544. The lowest BCUT2D eigenvalue weighted by Crippen LogP contribution is -2.59. The molecule has 1 atom stereocenters. The second kappa shape index (κ2) is 13.8. The Labute approximate surface area is 314 Å². The van der Waals surface area contributed by atoms with Gasteiger partial charge in [-0.3, -0.25) is 39.3 Å². The first-order valence-corrected chi connectivity index (χ1v) is 19.0. The smallest absolute Gasteiger partial charge is 0.255 e. The number of nitrogens with one attached hydrogen (secondary N) is 3. The highest BCUT2D eigenvalue weighted by Crippen LogP contribution is 2.39. The number of imide groups is 1. The minimum Gasteiger partial charge on any atom is -0.371 e. The number of H-pyrrole nitrogens is 2. The number of rotatable bonds is 8. The SMILES string of the molecule is CN(C(=O)C1CN(C2CCN(c3ccc(C(=O)N(C)C4CCC(=O)NC4=O)c(C=O)c3)CC2)C1)c1ccc2cc(-c3n[nH]c4c3CCC(C)(C)C4)[nH]c2c1. The highest BCUT2D eigenvalue weighted by atomic mass is 16.2. The number of likely N-dealkylation sites (tertiary alicyclic amines) is 1. The largest absolute Gasteiger partial charge is 0.371 e. The van der Waals surface area contributed by atoms with Gasteiger partial charge >= 0.3 is 0 Å². The van der Waals surface area contributed by atoms with Crippen LogP contribution in [0.3, 0.4) is 0 Å². The molecule has 3 N–H and O–H groups in total. The lowest BCUT2D eigenvalue weighted by molar-refractivity contribution is -0.136. The Morgan fingerprint density at radius 1 is 0.981 bits per heavy atom. The van der Waals surface area contributed by atoms with E-state index >= 15 is 0 Å². The monoisotopic (exact) mass is 732 g/mol. The zero-order chi connectivity index (χ0) is 37.9. The highest BCUT2D eigenvalue weighted by molar-refractivity contribution is 6.06. The third-order valence-corrected chi connectivity index (χ3v) is 12.2. The van der Waals surface area contributed by atoms with E-state index in [1.165, 1.54) is 23.2 Å². The fourth-order valence-electron chi connectivity index (χ4n) is 8.80. The van der Waals surface area contributed by atoms with Crippen LogP contribution in [0.1, 0.15) is 77.9 Å². The van der Waals surface area contributed by atoms with Gasteiger partial charge in [0.05, 0.1) is 17.2 Å². The van der Waals surface area contributed by atoms with Crippen LogP contribution in [0.5, 0.6) is 0 Å². The molecule has 0 spiro atoms. The van der Waals surface area contributed by atoms with E-state index in [4.69, 9.17) is 0 Å². The molecule has 0 radical (unpaired) electrons. The van der Waals surface area contributed by atoms with Crippen LogP contribution < -0.4 is 15.1 Å². The van der Waals surface area contributed by atoms with Crippen LogP contribution in [0.4, 0.5) is 11.4 Å². The van der Waals surface area contributed by atoms with Crippen molar-refractivity contribution in [3.05, 3.63) is 64.8 Å². The molecule has 3 aliphatic heterocycles. The first-order valence-electron chi connectivity index (χ1n) is 19.0. The van der Waals surface area contributed by atoms with Crippen LogP contribution >= 0.6 is 0 Å². The van der Waals surface area contributed by atoms with Gasteiger partial charge in [-0.2, -0.15) is 5.10 Å². The Morgan fingerprint density at radius 3 is 2.50 bits per heavy atom. The normalized spacial score (nSPS) is 20.7. The number of likely N-dealkylation sites (N-methyl/N-ethyl adjacent to an activating group) is 1. The number of aromatic amines is 2. The number of hydrogen-bond acceptors (Lipinski definition) is 8. The molecular formula is C41H48N8O5. The first-order chi connectivity index (χ1) is 25.9. The van der Waals surface area contributed by atoms with E-state index in [0.717, 1.165) is 91.9 Å². The van der Waals surface area contributed by atoms with Crippen molar-refractivity contribution >= 4 is 52.2 Å². The fraction of sp³-hybridized carbons (Fsp3) is 0.463. The van der Waals surface area contributed by atoms with Gasteiger partial charge in [0.25, 0.3) is 5.91 Å². The lowest BCUT2D eigenvalue weighted by Gasteiger charge is -2.47. The van der Waals surface area contributed by atoms with Gasteiger partial charge in [0.2, 0.25) is 17.7 Å². The average Bonchev–Trinajstić information content (AvgIpc) is 3.76. The molecule has 13 heteroatoms. The number of fused-ring (bicyclic) bond motifs is 2. The van der Waals surface area contributed by atoms with Crippen molar-refractivity contribution in [2.24, 2.45) is 11.3 Å². The van der Waals surface area contributed by atoms with Gasteiger partial charge < -0.3 is 19.7 Å². The number of piperidine rings is 2. The third kappa shape index (κ3) is 6.59. The van der Waals surface area contributed by atoms with Gasteiger partial charge in [-0.05, 0) is 80.3 Å². The van der Waals surface area contributed by atoms with E-state index in [1.54, 1.807) is 17.0 Å². The average molecular weight is 733 g/mol. The Kier molecular flexibility index (Phi) is 9.15. The van der Waals surface area contributed by atoms with Crippen molar-refractivity contribution in [1.82, 2.24) is 30.3 Å². The van der Waals surface area contributed by atoms with E-state index in [0.29, 0.717) is 12.3 Å². The molecule has 3 fully saturated rings. The lowest BCUT2D eigenvalue weighted by atomic mass is 9.76. The van der Waals surface area contributed by atoms with Crippen LogP contribution in [-0.4, -0.2) is 107 Å². The Balaban J connectivity index is 0.846. The molecule has 13 nitrogen and oxygen atoms in total. The number of carbonyl (C=O) groups excluding carboxylic acids is 5. The summed E-state index contributed by atoms with van der Waals surface area (Å²) in [5, 5.41) is 11.3. The summed E-state index contributed by atoms with van der Waals surface area (Å²) in [5.41, 5.74) is 8.03. The fourth-order valence-corrected chi connectivity index (χ4v) is 8.80. The number of nitrogens with zero attached hydrogens (tertiary/aromatic N) is 5.